The Morgan fingerprint density at radius 3 is 2.35 bits per heavy atom. The first-order valence-electron chi connectivity index (χ1n) is 7.53. The number of benzene rings is 1. The molecule has 3 heteroatoms. The zero-order valence-corrected chi connectivity index (χ0v) is 12.9. The Morgan fingerprint density at radius 1 is 1.20 bits per heavy atom. The van der Waals surface area contributed by atoms with Crippen molar-refractivity contribution in [3.8, 4) is 0 Å². The first-order valence-corrected chi connectivity index (χ1v) is 7.53. The molecule has 0 aliphatic heterocycles. The van der Waals surface area contributed by atoms with E-state index in [2.05, 4.69) is 38.2 Å². The van der Waals surface area contributed by atoms with E-state index in [-0.39, 0.29) is 17.7 Å². The van der Waals surface area contributed by atoms with Crippen molar-refractivity contribution in [2.75, 3.05) is 13.2 Å². The van der Waals surface area contributed by atoms with Crippen molar-refractivity contribution in [1.29, 1.82) is 0 Å². The van der Waals surface area contributed by atoms with E-state index in [0.717, 1.165) is 12.0 Å². The average molecular weight is 277 g/mol. The second-order valence-electron chi connectivity index (χ2n) is 6.74. The van der Waals surface area contributed by atoms with Crippen LogP contribution >= 0.6 is 0 Å². The van der Waals surface area contributed by atoms with Crippen LogP contribution in [0.3, 0.4) is 0 Å². The zero-order valence-electron chi connectivity index (χ0n) is 12.9. The highest BCUT2D eigenvalue weighted by molar-refractivity contribution is 5.25. The summed E-state index contributed by atoms with van der Waals surface area (Å²) in [7, 11) is 0. The van der Waals surface area contributed by atoms with Crippen molar-refractivity contribution >= 4 is 0 Å². The van der Waals surface area contributed by atoms with E-state index in [9.17, 15) is 5.11 Å². The Morgan fingerprint density at radius 2 is 1.85 bits per heavy atom. The minimum absolute atomic E-state index is 0.0982. The molecule has 0 saturated heterocycles. The van der Waals surface area contributed by atoms with Crippen LogP contribution in [0.1, 0.15) is 45.6 Å². The van der Waals surface area contributed by atoms with E-state index >= 15 is 0 Å². The normalized spacial score (nSPS) is 18.8. The zero-order chi connectivity index (χ0) is 14.6. The van der Waals surface area contributed by atoms with Gasteiger partial charge < -0.3 is 15.2 Å². The highest BCUT2D eigenvalue weighted by atomic mass is 16.5. The predicted molar refractivity (Wildman–Crippen MR) is 81.7 cm³/mol. The second-order valence-corrected chi connectivity index (χ2v) is 6.74. The lowest BCUT2D eigenvalue weighted by Gasteiger charge is -2.35. The minimum Gasteiger partial charge on any atom is -0.394 e. The van der Waals surface area contributed by atoms with Crippen LogP contribution in [0, 0.1) is 0 Å². The van der Waals surface area contributed by atoms with Crippen LogP contribution < -0.4 is 5.32 Å². The molecule has 0 amide bonds. The first-order chi connectivity index (χ1) is 9.45. The lowest BCUT2D eigenvalue weighted by atomic mass is 9.87. The van der Waals surface area contributed by atoms with Gasteiger partial charge in [0.2, 0.25) is 0 Å². The van der Waals surface area contributed by atoms with Gasteiger partial charge in [-0.15, -0.1) is 0 Å². The maximum atomic E-state index is 10.0. The SMILES string of the molecule is CC(C)(C)OCCC(CO)(NC1CC1)c1ccccc1. The van der Waals surface area contributed by atoms with Crippen LogP contribution in [-0.4, -0.2) is 30.0 Å². The summed E-state index contributed by atoms with van der Waals surface area (Å²) >= 11 is 0. The number of hydrogen-bond donors (Lipinski definition) is 2. The van der Waals surface area contributed by atoms with Crippen LogP contribution in [0.25, 0.3) is 0 Å². The number of nitrogens with one attached hydrogen (secondary N) is 1. The van der Waals surface area contributed by atoms with E-state index in [0.29, 0.717) is 12.6 Å². The molecule has 1 atom stereocenters. The molecular formula is C17H27NO2. The fourth-order valence-electron chi connectivity index (χ4n) is 2.42. The summed E-state index contributed by atoms with van der Waals surface area (Å²) in [5, 5.41) is 13.6. The molecule has 0 spiro atoms. The van der Waals surface area contributed by atoms with Crippen molar-refractivity contribution in [3.63, 3.8) is 0 Å². The summed E-state index contributed by atoms with van der Waals surface area (Å²) in [6.07, 6.45) is 3.19. The molecule has 1 unspecified atom stereocenters. The number of aliphatic hydroxyl groups is 1. The molecule has 0 bridgehead atoms. The van der Waals surface area contributed by atoms with E-state index in [4.69, 9.17) is 4.74 Å². The maximum absolute atomic E-state index is 10.0. The van der Waals surface area contributed by atoms with Crippen LogP contribution in [0.2, 0.25) is 0 Å². The second kappa shape index (κ2) is 6.25. The smallest absolute Gasteiger partial charge is 0.0693 e. The van der Waals surface area contributed by atoms with E-state index < -0.39 is 0 Å². The van der Waals surface area contributed by atoms with Crippen molar-refractivity contribution in [2.45, 2.75) is 57.2 Å². The highest BCUT2D eigenvalue weighted by Gasteiger charge is 2.37. The highest BCUT2D eigenvalue weighted by Crippen LogP contribution is 2.31. The van der Waals surface area contributed by atoms with Crippen LogP contribution in [0.5, 0.6) is 0 Å². The summed E-state index contributed by atoms with van der Waals surface area (Å²) in [5.74, 6) is 0. The molecule has 2 rings (SSSR count). The molecular weight excluding hydrogens is 250 g/mol. The summed E-state index contributed by atoms with van der Waals surface area (Å²) in [5.41, 5.74) is 0.623. The number of aliphatic hydroxyl groups excluding tert-OH is 1. The van der Waals surface area contributed by atoms with Crippen LogP contribution in [0.15, 0.2) is 30.3 Å². The first kappa shape index (κ1) is 15.5. The van der Waals surface area contributed by atoms with E-state index in [1.165, 1.54) is 12.8 Å². The van der Waals surface area contributed by atoms with Crippen molar-refractivity contribution < 1.29 is 9.84 Å². The predicted octanol–water partition coefficient (Wildman–Crippen LogP) is 2.83. The maximum Gasteiger partial charge on any atom is 0.0693 e. The minimum atomic E-state index is -0.381. The van der Waals surface area contributed by atoms with Crippen molar-refractivity contribution in [1.82, 2.24) is 5.32 Å². The van der Waals surface area contributed by atoms with Gasteiger partial charge in [-0.3, -0.25) is 0 Å². The van der Waals surface area contributed by atoms with Gasteiger partial charge in [0.25, 0.3) is 0 Å². The largest absolute Gasteiger partial charge is 0.394 e. The summed E-state index contributed by atoms with van der Waals surface area (Å²) in [4.78, 5) is 0. The molecule has 0 heterocycles. The molecule has 1 saturated carbocycles. The Balaban J connectivity index is 2.10. The summed E-state index contributed by atoms with van der Waals surface area (Å²) in [6, 6.07) is 10.8. The average Bonchev–Trinajstić information content (AvgIpc) is 3.21. The van der Waals surface area contributed by atoms with Gasteiger partial charge in [0.15, 0.2) is 0 Å². The van der Waals surface area contributed by atoms with Gasteiger partial charge in [-0.05, 0) is 45.6 Å². The summed E-state index contributed by atoms with van der Waals surface area (Å²) in [6.45, 7) is 6.92. The Kier molecular flexibility index (Phi) is 4.84. The van der Waals surface area contributed by atoms with Gasteiger partial charge in [-0.2, -0.15) is 0 Å². The van der Waals surface area contributed by atoms with Gasteiger partial charge in [-0.25, -0.2) is 0 Å². The fraction of sp³-hybridized carbons (Fsp3) is 0.647. The lowest BCUT2D eigenvalue weighted by molar-refractivity contribution is -0.0197. The van der Waals surface area contributed by atoms with Gasteiger partial charge >= 0.3 is 0 Å². The molecule has 1 aromatic rings. The molecule has 3 nitrogen and oxygen atoms in total. The molecule has 2 N–H and O–H groups in total. The Hall–Kier alpha value is -0.900. The quantitative estimate of drug-likeness (QED) is 0.805. The molecule has 0 radical (unpaired) electrons. The third-order valence-corrected chi connectivity index (χ3v) is 3.72. The van der Waals surface area contributed by atoms with Gasteiger partial charge in [0, 0.05) is 12.6 Å². The van der Waals surface area contributed by atoms with E-state index in [1.54, 1.807) is 0 Å². The van der Waals surface area contributed by atoms with E-state index in [1.807, 2.05) is 18.2 Å². The molecule has 1 aliphatic carbocycles. The number of ether oxygens (including phenoxy) is 1. The Labute approximate surface area is 122 Å². The molecule has 0 aromatic heterocycles. The van der Waals surface area contributed by atoms with Gasteiger partial charge in [0.05, 0.1) is 17.7 Å². The van der Waals surface area contributed by atoms with Crippen molar-refractivity contribution in [3.05, 3.63) is 35.9 Å². The van der Waals surface area contributed by atoms with Crippen LogP contribution in [0.4, 0.5) is 0 Å². The number of hydrogen-bond acceptors (Lipinski definition) is 3. The standard InChI is InChI=1S/C17H27NO2/c1-16(2,3)20-12-11-17(13-19,18-15-9-10-15)14-7-5-4-6-8-14/h4-8,15,18-19H,9-13H2,1-3H3. The fourth-order valence-corrected chi connectivity index (χ4v) is 2.42. The summed E-state index contributed by atoms with van der Waals surface area (Å²) < 4.78 is 5.86. The molecule has 112 valence electrons. The van der Waals surface area contributed by atoms with Gasteiger partial charge in [0.1, 0.15) is 0 Å². The molecule has 1 aliphatic rings. The lowest BCUT2D eigenvalue weighted by Crippen LogP contribution is -2.48. The topological polar surface area (TPSA) is 41.5 Å². The van der Waals surface area contributed by atoms with Crippen LogP contribution in [-0.2, 0) is 10.3 Å². The van der Waals surface area contributed by atoms with Gasteiger partial charge in [-0.1, -0.05) is 30.3 Å². The van der Waals surface area contributed by atoms with Crippen molar-refractivity contribution in [2.24, 2.45) is 0 Å². The third kappa shape index (κ3) is 4.30. The number of rotatable bonds is 7. The molecule has 1 fully saturated rings. The Bertz CT molecular complexity index is 409. The molecule has 20 heavy (non-hydrogen) atoms. The third-order valence-electron chi connectivity index (χ3n) is 3.72. The monoisotopic (exact) mass is 277 g/mol. The molecule has 1 aromatic carbocycles.